The molecule has 0 spiro atoms. The molecule has 0 radical (unpaired) electrons. The van der Waals surface area contributed by atoms with Crippen LogP contribution in [0.3, 0.4) is 0 Å². The number of nitriles is 1. The van der Waals surface area contributed by atoms with Crippen LogP contribution in [-0.2, 0) is 4.79 Å². The third-order valence-corrected chi connectivity index (χ3v) is 3.83. The molecule has 1 saturated heterocycles. The van der Waals surface area contributed by atoms with Crippen LogP contribution in [0.5, 0.6) is 0 Å². The summed E-state index contributed by atoms with van der Waals surface area (Å²) in [5, 5.41) is 14.8. The highest BCUT2D eigenvalue weighted by Gasteiger charge is 2.23. The van der Waals surface area contributed by atoms with Gasteiger partial charge in [0.25, 0.3) is 0 Å². The van der Waals surface area contributed by atoms with Crippen LogP contribution in [-0.4, -0.2) is 23.6 Å². The summed E-state index contributed by atoms with van der Waals surface area (Å²) in [4.78, 5) is 11.9. The number of thioether (sulfide) groups is 1. The van der Waals surface area contributed by atoms with Crippen LogP contribution in [0, 0.1) is 11.3 Å². The van der Waals surface area contributed by atoms with Gasteiger partial charge in [-0.05, 0) is 18.2 Å². The van der Waals surface area contributed by atoms with Crippen molar-refractivity contribution in [2.24, 2.45) is 0 Å². The smallest absolute Gasteiger partial charge is 0.242 e. The van der Waals surface area contributed by atoms with Gasteiger partial charge in [0.05, 0.1) is 17.3 Å². The van der Waals surface area contributed by atoms with E-state index >= 15 is 0 Å². The molecule has 1 aliphatic rings. The first-order valence-electron chi connectivity index (χ1n) is 5.02. The van der Waals surface area contributed by atoms with E-state index in [1.165, 1.54) is 0 Å². The molecule has 1 aromatic rings. The van der Waals surface area contributed by atoms with E-state index in [2.05, 4.69) is 32.6 Å². The first-order valence-corrected chi connectivity index (χ1v) is 6.97. The molecular formula is C11H10BrN3OS. The summed E-state index contributed by atoms with van der Waals surface area (Å²) >= 11 is 5.01. The fourth-order valence-electron chi connectivity index (χ4n) is 1.50. The van der Waals surface area contributed by atoms with E-state index in [0.29, 0.717) is 11.3 Å². The fraction of sp³-hybridized carbons (Fsp3) is 0.273. The Hall–Kier alpha value is -1.03. The molecule has 1 atom stereocenters. The number of anilines is 1. The summed E-state index contributed by atoms with van der Waals surface area (Å²) in [6.07, 6.45) is 0. The van der Waals surface area contributed by atoms with Crippen LogP contribution in [0.2, 0.25) is 0 Å². The molecule has 4 nitrogen and oxygen atoms in total. The molecule has 88 valence electrons. The topological polar surface area (TPSA) is 64.9 Å². The van der Waals surface area contributed by atoms with Gasteiger partial charge in [-0.3, -0.25) is 10.1 Å². The van der Waals surface area contributed by atoms with Gasteiger partial charge in [-0.1, -0.05) is 15.9 Å². The maximum Gasteiger partial charge on any atom is 0.242 e. The SMILES string of the molecule is N#Cc1ccc(Br)cc1NC(=O)C1CSCN1. The van der Waals surface area contributed by atoms with Gasteiger partial charge in [0.2, 0.25) is 5.91 Å². The summed E-state index contributed by atoms with van der Waals surface area (Å²) in [5.41, 5.74) is 1.01. The zero-order valence-electron chi connectivity index (χ0n) is 8.87. The van der Waals surface area contributed by atoms with Gasteiger partial charge in [0.15, 0.2) is 0 Å². The number of nitrogens with one attached hydrogen (secondary N) is 2. The van der Waals surface area contributed by atoms with Gasteiger partial charge >= 0.3 is 0 Å². The second kappa shape index (κ2) is 5.54. The first kappa shape index (κ1) is 12.4. The zero-order valence-corrected chi connectivity index (χ0v) is 11.3. The molecule has 1 aliphatic heterocycles. The van der Waals surface area contributed by atoms with Crippen LogP contribution >= 0.6 is 27.7 Å². The molecule has 0 aliphatic carbocycles. The molecule has 0 bridgehead atoms. The quantitative estimate of drug-likeness (QED) is 0.876. The normalized spacial score (nSPS) is 18.7. The van der Waals surface area contributed by atoms with Crippen molar-refractivity contribution in [3.63, 3.8) is 0 Å². The zero-order chi connectivity index (χ0) is 12.3. The average Bonchev–Trinajstić information content (AvgIpc) is 2.83. The minimum Gasteiger partial charge on any atom is -0.323 e. The van der Waals surface area contributed by atoms with E-state index in [4.69, 9.17) is 5.26 Å². The summed E-state index contributed by atoms with van der Waals surface area (Å²) < 4.78 is 0.834. The summed E-state index contributed by atoms with van der Waals surface area (Å²) in [5.74, 6) is 1.47. The van der Waals surface area contributed by atoms with Crippen LogP contribution in [0.25, 0.3) is 0 Å². The van der Waals surface area contributed by atoms with Crippen molar-refractivity contribution >= 4 is 39.3 Å². The Bertz CT molecular complexity index is 480. The Labute approximate surface area is 112 Å². The molecule has 1 aromatic carbocycles. The fourth-order valence-corrected chi connectivity index (χ4v) is 2.80. The molecule has 2 N–H and O–H groups in total. The molecule has 6 heteroatoms. The van der Waals surface area contributed by atoms with Crippen molar-refractivity contribution < 1.29 is 4.79 Å². The number of carbonyl (C=O) groups excluding carboxylic acids is 1. The molecule has 0 saturated carbocycles. The highest BCUT2D eigenvalue weighted by atomic mass is 79.9. The maximum atomic E-state index is 11.9. The summed E-state index contributed by atoms with van der Waals surface area (Å²) in [7, 11) is 0. The second-order valence-electron chi connectivity index (χ2n) is 3.56. The van der Waals surface area contributed by atoms with Gasteiger partial charge < -0.3 is 5.32 Å². The molecule has 1 heterocycles. The van der Waals surface area contributed by atoms with Crippen molar-refractivity contribution in [1.82, 2.24) is 5.32 Å². The lowest BCUT2D eigenvalue weighted by Crippen LogP contribution is -2.37. The largest absolute Gasteiger partial charge is 0.323 e. The molecule has 1 unspecified atom stereocenters. The lowest BCUT2D eigenvalue weighted by molar-refractivity contribution is -0.117. The number of hydrogen-bond donors (Lipinski definition) is 2. The number of rotatable bonds is 2. The number of benzene rings is 1. The number of halogens is 1. The van der Waals surface area contributed by atoms with Crippen molar-refractivity contribution in [1.29, 1.82) is 5.26 Å². The highest BCUT2D eigenvalue weighted by molar-refractivity contribution is 9.10. The summed E-state index contributed by atoms with van der Waals surface area (Å²) in [6.45, 7) is 0. The molecule has 1 fully saturated rings. The minimum absolute atomic E-state index is 0.0930. The van der Waals surface area contributed by atoms with Crippen LogP contribution < -0.4 is 10.6 Å². The highest BCUT2D eigenvalue weighted by Crippen LogP contribution is 2.21. The van der Waals surface area contributed by atoms with Gasteiger partial charge in [0, 0.05) is 16.1 Å². The number of nitrogens with zero attached hydrogens (tertiary/aromatic N) is 1. The molecule has 0 aromatic heterocycles. The van der Waals surface area contributed by atoms with Gasteiger partial charge in [0.1, 0.15) is 6.07 Å². The van der Waals surface area contributed by atoms with E-state index in [1.807, 2.05) is 0 Å². The first-order chi connectivity index (χ1) is 8.20. The third kappa shape index (κ3) is 3.00. The number of amides is 1. The summed E-state index contributed by atoms with van der Waals surface area (Å²) in [6, 6.07) is 7.07. The van der Waals surface area contributed by atoms with E-state index in [-0.39, 0.29) is 11.9 Å². The predicted octanol–water partition coefficient (Wildman–Crippen LogP) is 1.92. The van der Waals surface area contributed by atoms with E-state index < -0.39 is 0 Å². The third-order valence-electron chi connectivity index (χ3n) is 2.39. The Kier molecular flexibility index (Phi) is 4.05. The Morgan fingerprint density at radius 2 is 2.47 bits per heavy atom. The van der Waals surface area contributed by atoms with Crippen LogP contribution in [0.15, 0.2) is 22.7 Å². The van der Waals surface area contributed by atoms with Crippen molar-refractivity contribution in [2.75, 3.05) is 16.9 Å². The van der Waals surface area contributed by atoms with Crippen molar-refractivity contribution in [3.8, 4) is 6.07 Å². The molecule has 1 amide bonds. The second-order valence-corrected chi connectivity index (χ2v) is 5.51. The maximum absolute atomic E-state index is 11.9. The predicted molar refractivity (Wildman–Crippen MR) is 71.7 cm³/mol. The lowest BCUT2D eigenvalue weighted by Gasteiger charge is -2.11. The number of hydrogen-bond acceptors (Lipinski definition) is 4. The molecule has 17 heavy (non-hydrogen) atoms. The lowest BCUT2D eigenvalue weighted by atomic mass is 10.2. The number of carbonyl (C=O) groups is 1. The molecule has 2 rings (SSSR count). The van der Waals surface area contributed by atoms with Gasteiger partial charge in [-0.15, -0.1) is 11.8 Å². The monoisotopic (exact) mass is 311 g/mol. The standard InChI is InChI=1S/C11H10BrN3OS/c12-8-2-1-7(4-13)9(3-8)15-11(16)10-5-17-6-14-10/h1-3,10,14H,5-6H2,(H,15,16). The van der Waals surface area contributed by atoms with E-state index in [9.17, 15) is 4.79 Å². The van der Waals surface area contributed by atoms with Crippen molar-refractivity contribution in [2.45, 2.75) is 6.04 Å². The van der Waals surface area contributed by atoms with Gasteiger partial charge in [-0.2, -0.15) is 5.26 Å². The van der Waals surface area contributed by atoms with Gasteiger partial charge in [-0.25, -0.2) is 0 Å². The average molecular weight is 312 g/mol. The van der Waals surface area contributed by atoms with Crippen LogP contribution in [0.1, 0.15) is 5.56 Å². The Morgan fingerprint density at radius 3 is 3.12 bits per heavy atom. The minimum atomic E-state index is -0.175. The molecular weight excluding hydrogens is 302 g/mol. The Morgan fingerprint density at radius 1 is 1.65 bits per heavy atom. The van der Waals surface area contributed by atoms with Crippen molar-refractivity contribution in [3.05, 3.63) is 28.2 Å². The van der Waals surface area contributed by atoms with Crippen LogP contribution in [0.4, 0.5) is 5.69 Å². The van der Waals surface area contributed by atoms with E-state index in [1.54, 1.807) is 30.0 Å². The Balaban J connectivity index is 2.15. The van der Waals surface area contributed by atoms with E-state index in [0.717, 1.165) is 16.1 Å².